The molecule has 1 aromatic carbocycles. The van der Waals surface area contributed by atoms with E-state index < -0.39 is 16.6 Å². The molecule has 2 aromatic rings. The van der Waals surface area contributed by atoms with E-state index >= 15 is 0 Å². The van der Waals surface area contributed by atoms with Crippen molar-refractivity contribution in [3.05, 3.63) is 38.9 Å². The molecule has 0 spiro atoms. The summed E-state index contributed by atoms with van der Waals surface area (Å²) in [4.78, 5) is 0. The van der Waals surface area contributed by atoms with Crippen LogP contribution in [-0.4, -0.2) is 23.7 Å². The number of aromatic nitrogens is 2. The molecule has 0 saturated carbocycles. The molecule has 0 radical (unpaired) electrons. The van der Waals surface area contributed by atoms with Gasteiger partial charge in [0.2, 0.25) is 0 Å². The van der Waals surface area contributed by atoms with Gasteiger partial charge in [-0.2, -0.15) is 13.5 Å². The molecule has 1 aromatic heterocycles. The normalized spacial score (nSPS) is 11.5. The van der Waals surface area contributed by atoms with E-state index in [2.05, 4.69) is 46.8 Å². The fraction of sp³-hybridized carbons (Fsp3) is 0.100. The topological polar surface area (TPSA) is 95.1 Å². The molecule has 0 bridgehead atoms. The van der Waals surface area contributed by atoms with E-state index in [9.17, 15) is 8.42 Å². The minimum absolute atomic E-state index is 0.148. The first-order valence-electron chi connectivity index (χ1n) is 5.05. The van der Waals surface area contributed by atoms with Crippen LogP contribution in [0.25, 0.3) is 0 Å². The fourth-order valence-electron chi connectivity index (χ4n) is 1.41. The number of halogens is 2. The molecule has 2 rings (SSSR count). The van der Waals surface area contributed by atoms with Gasteiger partial charge in [-0.25, -0.2) is 0 Å². The molecular formula is C10H9Br2N3O3S. The number of aliphatic hydroxyl groups is 1. The van der Waals surface area contributed by atoms with E-state index in [0.717, 1.165) is 4.47 Å². The molecule has 0 atom stereocenters. The van der Waals surface area contributed by atoms with Crippen LogP contribution in [0.3, 0.4) is 0 Å². The van der Waals surface area contributed by atoms with E-state index in [-0.39, 0.29) is 10.6 Å². The van der Waals surface area contributed by atoms with Crippen LogP contribution in [-0.2, 0) is 16.6 Å². The van der Waals surface area contributed by atoms with Gasteiger partial charge in [0.25, 0.3) is 10.0 Å². The van der Waals surface area contributed by atoms with Crippen LogP contribution < -0.4 is 4.72 Å². The molecule has 0 fully saturated rings. The second kappa shape index (κ2) is 5.61. The zero-order chi connectivity index (χ0) is 14.0. The molecule has 3 N–H and O–H groups in total. The highest BCUT2D eigenvalue weighted by atomic mass is 79.9. The molecule has 0 amide bonds. The van der Waals surface area contributed by atoms with Crippen LogP contribution in [0.4, 0.5) is 5.69 Å². The Bertz CT molecular complexity index is 700. The van der Waals surface area contributed by atoms with Gasteiger partial charge >= 0.3 is 0 Å². The Balaban J connectivity index is 2.37. The van der Waals surface area contributed by atoms with Gasteiger partial charge in [-0.05, 0) is 34.1 Å². The summed E-state index contributed by atoms with van der Waals surface area (Å²) in [7, 11) is -3.82. The lowest BCUT2D eigenvalue weighted by Gasteiger charge is -2.09. The number of nitrogens with one attached hydrogen (secondary N) is 2. The van der Waals surface area contributed by atoms with Crippen molar-refractivity contribution in [2.45, 2.75) is 11.6 Å². The standard InChI is InChI=1S/C10H9Br2N3O3S/c11-7-1-2-9(8(12)3-7)15-19(17,18)10-6(5-16)4-13-14-10/h1-4,15-16H,5H2,(H,13,14). The Labute approximate surface area is 126 Å². The molecule has 0 aliphatic heterocycles. The number of aromatic amines is 1. The molecule has 0 aliphatic carbocycles. The van der Waals surface area contributed by atoms with E-state index in [1.54, 1.807) is 18.2 Å². The van der Waals surface area contributed by atoms with E-state index in [1.807, 2.05) is 0 Å². The molecule has 6 nitrogen and oxygen atoms in total. The maximum atomic E-state index is 12.2. The van der Waals surface area contributed by atoms with Crippen molar-refractivity contribution in [2.24, 2.45) is 0 Å². The number of hydrogen-bond acceptors (Lipinski definition) is 4. The summed E-state index contributed by atoms with van der Waals surface area (Å²) >= 11 is 6.55. The number of anilines is 1. The van der Waals surface area contributed by atoms with E-state index in [1.165, 1.54) is 6.20 Å². The molecule has 1 heterocycles. The van der Waals surface area contributed by atoms with E-state index in [0.29, 0.717) is 10.2 Å². The minimum Gasteiger partial charge on any atom is -0.392 e. The third-order valence-electron chi connectivity index (χ3n) is 2.29. The number of benzene rings is 1. The van der Waals surface area contributed by atoms with Crippen LogP contribution >= 0.6 is 31.9 Å². The molecule has 9 heteroatoms. The SMILES string of the molecule is O=S(=O)(Nc1ccc(Br)cc1Br)c1[nH]ncc1CO. The number of H-pyrrole nitrogens is 1. The first kappa shape index (κ1) is 14.5. The third kappa shape index (κ3) is 3.16. The quantitative estimate of drug-likeness (QED) is 0.720. The average Bonchev–Trinajstić information content (AvgIpc) is 2.82. The van der Waals surface area contributed by atoms with Gasteiger partial charge in [-0.15, -0.1) is 0 Å². The Morgan fingerprint density at radius 3 is 2.74 bits per heavy atom. The lowest BCUT2D eigenvalue weighted by molar-refractivity contribution is 0.278. The van der Waals surface area contributed by atoms with Gasteiger partial charge in [-0.1, -0.05) is 15.9 Å². The van der Waals surface area contributed by atoms with Gasteiger partial charge in [0.15, 0.2) is 5.03 Å². The average molecular weight is 411 g/mol. The number of sulfonamides is 1. The van der Waals surface area contributed by atoms with Crippen molar-refractivity contribution < 1.29 is 13.5 Å². The highest BCUT2D eigenvalue weighted by Crippen LogP contribution is 2.28. The first-order chi connectivity index (χ1) is 8.94. The van der Waals surface area contributed by atoms with E-state index in [4.69, 9.17) is 5.11 Å². The number of aliphatic hydroxyl groups excluding tert-OH is 1. The summed E-state index contributed by atoms with van der Waals surface area (Å²) < 4.78 is 28.1. The predicted molar refractivity (Wildman–Crippen MR) is 77.2 cm³/mol. The van der Waals surface area contributed by atoms with Crippen molar-refractivity contribution in [2.75, 3.05) is 4.72 Å². The zero-order valence-electron chi connectivity index (χ0n) is 9.39. The molecular weight excluding hydrogens is 402 g/mol. The zero-order valence-corrected chi connectivity index (χ0v) is 13.4. The Hall–Kier alpha value is -0.900. The van der Waals surface area contributed by atoms with Gasteiger partial charge in [-0.3, -0.25) is 9.82 Å². The Morgan fingerprint density at radius 2 is 2.11 bits per heavy atom. The van der Waals surface area contributed by atoms with Crippen LogP contribution in [0.15, 0.2) is 38.4 Å². The maximum Gasteiger partial charge on any atom is 0.279 e. The highest BCUT2D eigenvalue weighted by molar-refractivity contribution is 9.11. The van der Waals surface area contributed by atoms with Crippen LogP contribution in [0.5, 0.6) is 0 Å². The van der Waals surface area contributed by atoms with Gasteiger partial charge in [0.1, 0.15) is 0 Å². The number of hydrogen-bond donors (Lipinski definition) is 3. The summed E-state index contributed by atoms with van der Waals surface area (Å²) in [6.07, 6.45) is 1.27. The molecule has 102 valence electrons. The summed E-state index contributed by atoms with van der Waals surface area (Å²) in [6.45, 7) is -0.408. The lowest BCUT2D eigenvalue weighted by Crippen LogP contribution is -2.15. The largest absolute Gasteiger partial charge is 0.392 e. The van der Waals surface area contributed by atoms with Crippen molar-refractivity contribution in [3.63, 3.8) is 0 Å². The molecule has 0 aliphatic rings. The second-order valence-electron chi connectivity index (χ2n) is 3.61. The Kier molecular flexibility index (Phi) is 4.29. The third-order valence-corrected chi connectivity index (χ3v) is 4.82. The van der Waals surface area contributed by atoms with Crippen LogP contribution in [0.2, 0.25) is 0 Å². The lowest BCUT2D eigenvalue weighted by atomic mass is 10.3. The summed E-state index contributed by atoms with van der Waals surface area (Å²) in [5.74, 6) is 0. The molecule has 19 heavy (non-hydrogen) atoms. The molecule has 0 saturated heterocycles. The van der Waals surface area contributed by atoms with Crippen LogP contribution in [0.1, 0.15) is 5.56 Å². The first-order valence-corrected chi connectivity index (χ1v) is 8.12. The van der Waals surface area contributed by atoms with Crippen LogP contribution in [0, 0.1) is 0 Å². The monoisotopic (exact) mass is 409 g/mol. The predicted octanol–water partition coefficient (Wildman–Crippen LogP) is 2.23. The van der Waals surface area contributed by atoms with Crippen molar-refractivity contribution >= 4 is 47.6 Å². The maximum absolute atomic E-state index is 12.2. The highest BCUT2D eigenvalue weighted by Gasteiger charge is 2.21. The Morgan fingerprint density at radius 1 is 1.37 bits per heavy atom. The fourth-order valence-corrected chi connectivity index (χ4v) is 3.89. The van der Waals surface area contributed by atoms with Crippen molar-refractivity contribution in [1.29, 1.82) is 0 Å². The van der Waals surface area contributed by atoms with Gasteiger partial charge < -0.3 is 5.11 Å². The van der Waals surface area contributed by atoms with Crippen molar-refractivity contribution in [1.82, 2.24) is 10.2 Å². The van der Waals surface area contributed by atoms with Crippen molar-refractivity contribution in [3.8, 4) is 0 Å². The van der Waals surface area contributed by atoms with Gasteiger partial charge in [0.05, 0.1) is 18.5 Å². The molecule has 0 unspecified atom stereocenters. The smallest absolute Gasteiger partial charge is 0.279 e. The summed E-state index contributed by atoms with van der Waals surface area (Å²) in [5.41, 5.74) is 0.599. The second-order valence-corrected chi connectivity index (χ2v) is 7.00. The van der Waals surface area contributed by atoms with Gasteiger partial charge in [0, 0.05) is 14.5 Å². The minimum atomic E-state index is -3.82. The number of nitrogens with zero attached hydrogens (tertiary/aromatic N) is 1. The summed E-state index contributed by atoms with van der Waals surface area (Å²) in [5, 5.41) is 14.9. The number of rotatable bonds is 4. The summed E-state index contributed by atoms with van der Waals surface area (Å²) in [6, 6.07) is 5.04.